The second-order valence-electron chi connectivity index (χ2n) is 8.89. The number of carbonyl (C=O) groups excluding carboxylic acids is 2. The van der Waals surface area contributed by atoms with E-state index in [1.165, 1.54) is 18.6 Å². The number of hydrogen-bond acceptors (Lipinski definition) is 3. The Morgan fingerprint density at radius 2 is 1.96 bits per heavy atom. The first-order chi connectivity index (χ1) is 10.9. The number of amides is 1. The zero-order valence-electron chi connectivity index (χ0n) is 14.5. The summed E-state index contributed by atoms with van der Waals surface area (Å²) < 4.78 is 0. The second kappa shape index (κ2) is 4.90. The van der Waals surface area contributed by atoms with Crippen LogP contribution in [-0.2, 0) is 9.59 Å². The van der Waals surface area contributed by atoms with E-state index in [0.29, 0.717) is 30.0 Å². The van der Waals surface area contributed by atoms with Gasteiger partial charge in [-0.15, -0.1) is 0 Å². The highest BCUT2D eigenvalue weighted by atomic mass is 16.2. The molecule has 0 saturated heterocycles. The van der Waals surface area contributed by atoms with Crippen molar-refractivity contribution in [2.75, 3.05) is 0 Å². The molecule has 0 radical (unpaired) electrons. The van der Waals surface area contributed by atoms with Crippen LogP contribution in [0.5, 0.6) is 0 Å². The molecule has 1 amide bonds. The van der Waals surface area contributed by atoms with Crippen LogP contribution in [0.2, 0.25) is 0 Å². The summed E-state index contributed by atoms with van der Waals surface area (Å²) in [7, 11) is 0. The first-order valence-corrected chi connectivity index (χ1v) is 9.22. The number of nitrogens with one attached hydrogen (secondary N) is 1. The molecule has 4 aliphatic rings. The lowest BCUT2D eigenvalue weighted by Crippen LogP contribution is -2.55. The van der Waals surface area contributed by atoms with Gasteiger partial charge in [0.15, 0.2) is 0 Å². The monoisotopic (exact) mass is 316 g/mol. The molecule has 126 valence electrons. The van der Waals surface area contributed by atoms with Gasteiger partial charge >= 0.3 is 0 Å². The highest BCUT2D eigenvalue weighted by Gasteiger charge is 2.60. The Hall–Kier alpha value is -1.19. The largest absolute Gasteiger partial charge is 0.300 e. The SMILES string of the molecule is CC(=O)[C@H]1CC[C@H]2[C@@H]3CCC4=NNC(=O)C[C@]4(C)[C@H]3CC[C@]12C. The van der Waals surface area contributed by atoms with Gasteiger partial charge in [0.2, 0.25) is 5.91 Å². The molecular weight excluding hydrogens is 288 g/mol. The van der Waals surface area contributed by atoms with Crippen molar-refractivity contribution in [3.63, 3.8) is 0 Å². The van der Waals surface area contributed by atoms with Crippen LogP contribution in [0.4, 0.5) is 0 Å². The maximum Gasteiger partial charge on any atom is 0.241 e. The topological polar surface area (TPSA) is 58.5 Å². The normalized spacial score (nSPS) is 48.7. The van der Waals surface area contributed by atoms with Crippen molar-refractivity contribution in [2.45, 2.75) is 65.7 Å². The van der Waals surface area contributed by atoms with Crippen LogP contribution >= 0.6 is 0 Å². The maximum absolute atomic E-state index is 12.1. The number of rotatable bonds is 1. The second-order valence-corrected chi connectivity index (χ2v) is 8.89. The Morgan fingerprint density at radius 1 is 1.17 bits per heavy atom. The predicted molar refractivity (Wildman–Crippen MR) is 88.8 cm³/mol. The fraction of sp³-hybridized carbons (Fsp3) is 0.842. The minimum Gasteiger partial charge on any atom is -0.300 e. The Kier molecular flexibility index (Phi) is 3.27. The van der Waals surface area contributed by atoms with Gasteiger partial charge in [-0.1, -0.05) is 13.8 Å². The third-order valence-electron chi connectivity index (χ3n) is 7.96. The number of fused-ring (bicyclic) bond motifs is 5. The summed E-state index contributed by atoms with van der Waals surface area (Å²) in [6, 6.07) is 0. The lowest BCUT2D eigenvalue weighted by atomic mass is 9.48. The summed E-state index contributed by atoms with van der Waals surface area (Å²) in [6.07, 6.45) is 7.31. The van der Waals surface area contributed by atoms with Crippen LogP contribution in [0.15, 0.2) is 5.10 Å². The molecular formula is C19H28N2O2. The quantitative estimate of drug-likeness (QED) is 0.807. The van der Waals surface area contributed by atoms with Gasteiger partial charge in [-0.05, 0) is 68.6 Å². The first-order valence-electron chi connectivity index (χ1n) is 9.22. The van der Waals surface area contributed by atoms with Crippen molar-refractivity contribution in [3.05, 3.63) is 0 Å². The van der Waals surface area contributed by atoms with Crippen LogP contribution in [0.3, 0.4) is 0 Å². The molecule has 4 nitrogen and oxygen atoms in total. The molecule has 0 aromatic heterocycles. The minimum absolute atomic E-state index is 0.0547. The number of carbonyl (C=O) groups is 2. The molecule has 1 aliphatic heterocycles. The number of hydrazone groups is 1. The molecule has 23 heavy (non-hydrogen) atoms. The molecule has 0 aromatic carbocycles. The van der Waals surface area contributed by atoms with Crippen molar-refractivity contribution < 1.29 is 9.59 Å². The molecule has 0 unspecified atom stereocenters. The van der Waals surface area contributed by atoms with E-state index in [9.17, 15) is 9.59 Å². The molecule has 4 heteroatoms. The first kappa shape index (κ1) is 15.3. The van der Waals surface area contributed by atoms with Gasteiger partial charge in [-0.25, -0.2) is 5.43 Å². The molecule has 1 N–H and O–H groups in total. The van der Waals surface area contributed by atoms with Gasteiger partial charge in [0, 0.05) is 23.5 Å². The lowest BCUT2D eigenvalue weighted by Gasteiger charge is -2.57. The van der Waals surface area contributed by atoms with Gasteiger partial charge in [-0.3, -0.25) is 9.59 Å². The fourth-order valence-electron chi connectivity index (χ4n) is 6.87. The molecule has 3 fully saturated rings. The average molecular weight is 316 g/mol. The Bertz CT molecular complexity index is 598. The van der Waals surface area contributed by atoms with E-state index >= 15 is 0 Å². The van der Waals surface area contributed by atoms with Crippen LogP contribution in [0, 0.1) is 34.5 Å². The van der Waals surface area contributed by atoms with E-state index in [2.05, 4.69) is 24.4 Å². The molecule has 6 atom stereocenters. The number of hydrogen-bond donors (Lipinski definition) is 1. The summed E-state index contributed by atoms with van der Waals surface area (Å²) >= 11 is 0. The number of Topliss-reactive ketones (excluding diaryl/α,β-unsaturated/α-hetero) is 1. The van der Waals surface area contributed by atoms with Crippen LogP contribution < -0.4 is 5.43 Å². The van der Waals surface area contributed by atoms with Crippen LogP contribution in [0.1, 0.15) is 65.7 Å². The Morgan fingerprint density at radius 3 is 2.70 bits per heavy atom. The zero-order valence-corrected chi connectivity index (χ0v) is 14.5. The van der Waals surface area contributed by atoms with Gasteiger partial charge in [-0.2, -0.15) is 5.10 Å². The highest BCUT2D eigenvalue weighted by Crippen LogP contribution is 2.64. The number of ketones is 1. The van der Waals surface area contributed by atoms with E-state index in [-0.39, 0.29) is 22.7 Å². The van der Waals surface area contributed by atoms with Crippen molar-refractivity contribution in [1.82, 2.24) is 5.43 Å². The molecule has 0 spiro atoms. The molecule has 3 saturated carbocycles. The minimum atomic E-state index is -0.0547. The molecule has 0 aromatic rings. The van der Waals surface area contributed by atoms with E-state index in [0.717, 1.165) is 25.7 Å². The Labute approximate surface area is 138 Å². The smallest absolute Gasteiger partial charge is 0.241 e. The summed E-state index contributed by atoms with van der Waals surface area (Å²) in [4.78, 5) is 24.1. The van der Waals surface area contributed by atoms with E-state index in [4.69, 9.17) is 0 Å². The van der Waals surface area contributed by atoms with Gasteiger partial charge in [0.25, 0.3) is 0 Å². The lowest BCUT2D eigenvalue weighted by molar-refractivity contribution is -0.128. The predicted octanol–water partition coefficient (Wildman–Crippen LogP) is 3.31. The number of nitrogens with zero attached hydrogens (tertiary/aromatic N) is 1. The van der Waals surface area contributed by atoms with Gasteiger partial charge in [0.05, 0.1) is 0 Å². The molecule has 3 aliphatic carbocycles. The summed E-state index contributed by atoms with van der Waals surface area (Å²) in [5.41, 5.74) is 4.03. The van der Waals surface area contributed by atoms with Crippen LogP contribution in [0.25, 0.3) is 0 Å². The van der Waals surface area contributed by atoms with Gasteiger partial charge < -0.3 is 0 Å². The van der Waals surface area contributed by atoms with Crippen molar-refractivity contribution >= 4 is 17.4 Å². The zero-order chi connectivity index (χ0) is 16.4. The van der Waals surface area contributed by atoms with Crippen molar-refractivity contribution in [1.29, 1.82) is 0 Å². The van der Waals surface area contributed by atoms with E-state index < -0.39 is 0 Å². The fourth-order valence-corrected chi connectivity index (χ4v) is 6.87. The summed E-state index contributed by atoms with van der Waals surface area (Å²) in [5.74, 6) is 2.58. The highest BCUT2D eigenvalue weighted by molar-refractivity contribution is 5.98. The standard InChI is InChI=1S/C19H28N2O2/c1-11(22)13-5-6-14-12-4-7-16-19(3,10-17(23)21-20-16)15(12)8-9-18(13,14)2/h12-15H,4-10H2,1-3H3,(H,21,23)/t12-,13+,14-,15-,18+,19+/m0/s1. The maximum atomic E-state index is 12.1. The average Bonchev–Trinajstić information content (AvgIpc) is 2.83. The third kappa shape index (κ3) is 1.99. The summed E-state index contributed by atoms with van der Waals surface area (Å²) in [5, 5.41) is 4.40. The van der Waals surface area contributed by atoms with Gasteiger partial charge in [0.1, 0.15) is 5.78 Å². The third-order valence-corrected chi connectivity index (χ3v) is 7.96. The molecule has 4 rings (SSSR count). The molecule has 1 heterocycles. The van der Waals surface area contributed by atoms with Crippen molar-refractivity contribution in [3.8, 4) is 0 Å². The van der Waals surface area contributed by atoms with E-state index in [1.807, 2.05) is 0 Å². The molecule has 0 bridgehead atoms. The summed E-state index contributed by atoms with van der Waals surface area (Å²) in [6.45, 7) is 6.41. The van der Waals surface area contributed by atoms with E-state index in [1.54, 1.807) is 6.92 Å². The van der Waals surface area contributed by atoms with Crippen molar-refractivity contribution in [2.24, 2.45) is 39.6 Å². The van der Waals surface area contributed by atoms with Crippen LogP contribution in [-0.4, -0.2) is 17.4 Å². The Balaban J connectivity index is 1.68.